The van der Waals surface area contributed by atoms with Gasteiger partial charge in [0.1, 0.15) is 5.78 Å². The topological polar surface area (TPSA) is 17.1 Å². The number of carbonyl (C=O) groups excluding carboxylic acids is 1. The Kier molecular flexibility index (Phi) is 5.33. The Morgan fingerprint density at radius 1 is 1.00 bits per heavy atom. The normalized spacial score (nSPS) is 24.5. The molecule has 2 atom stereocenters. The van der Waals surface area contributed by atoms with E-state index in [9.17, 15) is 4.79 Å². The molecule has 2 aliphatic carbocycles. The van der Waals surface area contributed by atoms with Gasteiger partial charge in [0, 0.05) is 12.8 Å². The molecule has 2 aliphatic rings. The highest BCUT2D eigenvalue weighted by Crippen LogP contribution is 2.35. The van der Waals surface area contributed by atoms with Gasteiger partial charge in [-0.25, -0.2) is 0 Å². The fourth-order valence-electron chi connectivity index (χ4n) is 4.31. The van der Waals surface area contributed by atoms with Gasteiger partial charge in [-0.15, -0.1) is 0 Å². The van der Waals surface area contributed by atoms with Crippen LogP contribution in [0.3, 0.4) is 0 Å². The lowest BCUT2D eigenvalue weighted by atomic mass is 9.80. The van der Waals surface area contributed by atoms with Crippen molar-refractivity contribution in [1.82, 2.24) is 0 Å². The summed E-state index contributed by atoms with van der Waals surface area (Å²) in [5, 5.41) is 0. The molecule has 120 valence electrons. The Bertz CT molecular complexity index is 517. The molecule has 0 spiro atoms. The molecule has 1 fully saturated rings. The van der Waals surface area contributed by atoms with Crippen LogP contribution in [-0.2, 0) is 17.6 Å². The molecular weight excluding hydrogens is 268 g/mol. The summed E-state index contributed by atoms with van der Waals surface area (Å²) in [5.41, 5.74) is 4.58. The maximum absolute atomic E-state index is 11.5. The summed E-state index contributed by atoms with van der Waals surface area (Å²) in [5.74, 6) is 1.86. The smallest absolute Gasteiger partial charge is 0.133 e. The largest absolute Gasteiger partial charge is 0.300 e. The van der Waals surface area contributed by atoms with Crippen LogP contribution in [0.2, 0.25) is 0 Å². The van der Waals surface area contributed by atoms with E-state index in [0.29, 0.717) is 11.7 Å². The van der Waals surface area contributed by atoms with Gasteiger partial charge in [-0.05, 0) is 54.2 Å². The fourth-order valence-corrected chi connectivity index (χ4v) is 4.31. The van der Waals surface area contributed by atoms with Gasteiger partial charge in [0.15, 0.2) is 0 Å². The standard InChI is InChI=1S/C21H30O/c1-2-3-4-5-6-16-7-8-18-14-19(10-9-17(18)13-16)20-11-12-21(22)15-20/h9-10,14,16,20H,2-8,11-13,15H2,1H3/t16-,20?/m1/s1. The summed E-state index contributed by atoms with van der Waals surface area (Å²) in [6, 6.07) is 7.10. The van der Waals surface area contributed by atoms with E-state index >= 15 is 0 Å². The van der Waals surface area contributed by atoms with Gasteiger partial charge in [0.05, 0.1) is 0 Å². The lowest BCUT2D eigenvalue weighted by molar-refractivity contribution is -0.117. The van der Waals surface area contributed by atoms with Crippen LogP contribution in [0.15, 0.2) is 18.2 Å². The van der Waals surface area contributed by atoms with Crippen LogP contribution in [0.1, 0.15) is 87.3 Å². The number of benzene rings is 1. The van der Waals surface area contributed by atoms with E-state index in [1.54, 1.807) is 11.1 Å². The Morgan fingerprint density at radius 3 is 2.68 bits per heavy atom. The zero-order chi connectivity index (χ0) is 15.4. The number of hydrogen-bond donors (Lipinski definition) is 0. The van der Waals surface area contributed by atoms with Crippen molar-refractivity contribution in [3.63, 3.8) is 0 Å². The molecule has 0 aromatic heterocycles. The molecule has 1 heteroatoms. The highest BCUT2D eigenvalue weighted by Gasteiger charge is 2.25. The number of ketones is 1. The van der Waals surface area contributed by atoms with Gasteiger partial charge < -0.3 is 0 Å². The molecular formula is C21H30O. The molecule has 1 aromatic rings. The van der Waals surface area contributed by atoms with Gasteiger partial charge in [-0.1, -0.05) is 57.2 Å². The number of fused-ring (bicyclic) bond motifs is 1. The highest BCUT2D eigenvalue weighted by atomic mass is 16.1. The Morgan fingerprint density at radius 2 is 1.91 bits per heavy atom. The minimum atomic E-state index is 0.454. The van der Waals surface area contributed by atoms with Crippen LogP contribution in [0, 0.1) is 5.92 Å². The molecule has 1 aromatic carbocycles. The quantitative estimate of drug-likeness (QED) is 0.625. The minimum absolute atomic E-state index is 0.454. The zero-order valence-electron chi connectivity index (χ0n) is 14.1. The van der Waals surface area contributed by atoms with E-state index in [2.05, 4.69) is 25.1 Å². The predicted molar refractivity (Wildman–Crippen MR) is 92.3 cm³/mol. The third kappa shape index (κ3) is 3.80. The van der Waals surface area contributed by atoms with Gasteiger partial charge in [-0.3, -0.25) is 4.79 Å². The van der Waals surface area contributed by atoms with Crippen LogP contribution >= 0.6 is 0 Å². The summed E-state index contributed by atoms with van der Waals surface area (Å²) < 4.78 is 0. The maximum Gasteiger partial charge on any atom is 0.133 e. The molecule has 0 heterocycles. The van der Waals surface area contributed by atoms with Gasteiger partial charge in [-0.2, -0.15) is 0 Å². The van der Waals surface area contributed by atoms with Gasteiger partial charge >= 0.3 is 0 Å². The number of carbonyl (C=O) groups is 1. The first-order valence-electron chi connectivity index (χ1n) is 9.39. The minimum Gasteiger partial charge on any atom is -0.300 e. The van der Waals surface area contributed by atoms with Crippen LogP contribution in [0.5, 0.6) is 0 Å². The molecule has 1 unspecified atom stereocenters. The van der Waals surface area contributed by atoms with E-state index in [1.807, 2.05) is 0 Å². The molecule has 0 aliphatic heterocycles. The number of Topliss-reactive ketones (excluding diaryl/α,β-unsaturated/α-hetero) is 1. The van der Waals surface area contributed by atoms with Crippen molar-refractivity contribution in [2.24, 2.45) is 5.92 Å². The lowest BCUT2D eigenvalue weighted by Gasteiger charge is -2.26. The van der Waals surface area contributed by atoms with Crippen molar-refractivity contribution in [2.75, 3.05) is 0 Å². The predicted octanol–water partition coefficient (Wildman–Crippen LogP) is 5.60. The highest BCUT2D eigenvalue weighted by molar-refractivity contribution is 5.81. The number of aryl methyl sites for hydroxylation is 1. The summed E-state index contributed by atoms with van der Waals surface area (Å²) in [6.07, 6.45) is 13.5. The molecule has 3 rings (SSSR count). The average Bonchev–Trinajstić information content (AvgIpc) is 2.97. The van der Waals surface area contributed by atoms with Crippen molar-refractivity contribution in [2.45, 2.75) is 83.5 Å². The van der Waals surface area contributed by atoms with Crippen LogP contribution in [-0.4, -0.2) is 5.78 Å². The SMILES string of the molecule is CCCCCC[C@@H]1CCc2cc(C3CCC(=O)C3)ccc2C1. The van der Waals surface area contributed by atoms with E-state index in [0.717, 1.165) is 25.2 Å². The molecule has 0 radical (unpaired) electrons. The van der Waals surface area contributed by atoms with Gasteiger partial charge in [0.25, 0.3) is 0 Å². The fraction of sp³-hybridized carbons (Fsp3) is 0.667. The first-order chi connectivity index (χ1) is 10.8. The first-order valence-corrected chi connectivity index (χ1v) is 9.39. The van der Waals surface area contributed by atoms with Crippen molar-refractivity contribution in [3.05, 3.63) is 34.9 Å². The summed E-state index contributed by atoms with van der Waals surface area (Å²) in [7, 11) is 0. The third-order valence-corrected chi connectivity index (χ3v) is 5.74. The Labute approximate surface area is 135 Å². The summed E-state index contributed by atoms with van der Waals surface area (Å²) in [6.45, 7) is 2.28. The van der Waals surface area contributed by atoms with Crippen molar-refractivity contribution in [3.8, 4) is 0 Å². The van der Waals surface area contributed by atoms with E-state index in [1.165, 1.54) is 56.9 Å². The zero-order valence-corrected chi connectivity index (χ0v) is 14.1. The molecule has 22 heavy (non-hydrogen) atoms. The Balaban J connectivity index is 1.58. The van der Waals surface area contributed by atoms with Crippen LogP contribution in [0.4, 0.5) is 0 Å². The van der Waals surface area contributed by atoms with E-state index < -0.39 is 0 Å². The molecule has 0 saturated heterocycles. The van der Waals surface area contributed by atoms with Crippen molar-refractivity contribution >= 4 is 5.78 Å². The second-order valence-electron chi connectivity index (χ2n) is 7.46. The number of rotatable bonds is 6. The molecule has 1 nitrogen and oxygen atoms in total. The number of unbranched alkanes of at least 4 members (excludes halogenated alkanes) is 3. The van der Waals surface area contributed by atoms with Gasteiger partial charge in [0.2, 0.25) is 0 Å². The summed E-state index contributed by atoms with van der Waals surface area (Å²) in [4.78, 5) is 11.5. The van der Waals surface area contributed by atoms with E-state index in [-0.39, 0.29) is 0 Å². The monoisotopic (exact) mass is 298 g/mol. The molecule has 0 bridgehead atoms. The van der Waals surface area contributed by atoms with Crippen molar-refractivity contribution < 1.29 is 4.79 Å². The van der Waals surface area contributed by atoms with Crippen LogP contribution < -0.4 is 0 Å². The second kappa shape index (κ2) is 7.44. The molecule has 0 N–H and O–H groups in total. The second-order valence-corrected chi connectivity index (χ2v) is 7.46. The van der Waals surface area contributed by atoms with Crippen LogP contribution in [0.25, 0.3) is 0 Å². The first kappa shape index (κ1) is 15.8. The third-order valence-electron chi connectivity index (χ3n) is 5.74. The maximum atomic E-state index is 11.5. The average molecular weight is 298 g/mol. The molecule has 1 saturated carbocycles. The Hall–Kier alpha value is -1.11. The lowest BCUT2D eigenvalue weighted by Crippen LogP contribution is -2.15. The number of hydrogen-bond acceptors (Lipinski definition) is 1. The van der Waals surface area contributed by atoms with Crippen molar-refractivity contribution in [1.29, 1.82) is 0 Å². The molecule has 0 amide bonds. The van der Waals surface area contributed by atoms with E-state index in [4.69, 9.17) is 0 Å². The summed E-state index contributed by atoms with van der Waals surface area (Å²) >= 11 is 0.